The predicted octanol–water partition coefficient (Wildman–Crippen LogP) is 5.08. The summed E-state index contributed by atoms with van der Waals surface area (Å²) in [5.74, 6) is -0.767. The normalized spacial score (nSPS) is 21.4. The van der Waals surface area contributed by atoms with Crippen molar-refractivity contribution >= 4 is 35.1 Å². The topological polar surface area (TPSA) is 106 Å². The number of rotatable bonds is 7. The summed E-state index contributed by atoms with van der Waals surface area (Å²) >= 11 is 6.46. The van der Waals surface area contributed by atoms with Gasteiger partial charge in [0.1, 0.15) is 29.7 Å². The van der Waals surface area contributed by atoms with E-state index in [0.29, 0.717) is 59.3 Å². The number of methoxy groups -OCH3 is 2. The maximum atomic E-state index is 14.2. The fraction of sp³-hybridized carbons (Fsp3) is 0.500. The number of aliphatic carboxylic acids is 1. The lowest BCUT2D eigenvalue weighted by atomic mass is 9.94. The van der Waals surface area contributed by atoms with Crippen molar-refractivity contribution < 1.29 is 33.7 Å². The molecule has 2 aliphatic heterocycles. The van der Waals surface area contributed by atoms with Crippen LogP contribution in [0.3, 0.4) is 0 Å². The first-order valence-corrected chi connectivity index (χ1v) is 13.8. The molecule has 2 amide bonds. The van der Waals surface area contributed by atoms with Crippen LogP contribution in [-0.2, 0) is 19.1 Å². The summed E-state index contributed by atoms with van der Waals surface area (Å²) in [5.41, 5.74) is 1.64. The molecule has 1 unspecified atom stereocenters. The molecule has 0 aromatic heterocycles. The van der Waals surface area contributed by atoms with E-state index in [9.17, 15) is 19.5 Å². The van der Waals surface area contributed by atoms with E-state index in [0.717, 1.165) is 6.42 Å². The molecule has 4 rings (SSSR count). The molecule has 9 nitrogen and oxygen atoms in total. The number of hydrogen-bond acceptors (Lipinski definition) is 6. The third kappa shape index (κ3) is 6.36. The largest absolute Gasteiger partial charge is 0.497 e. The highest BCUT2D eigenvalue weighted by atomic mass is 35.5. The van der Waals surface area contributed by atoms with Gasteiger partial charge < -0.3 is 29.1 Å². The van der Waals surface area contributed by atoms with Crippen molar-refractivity contribution in [2.75, 3.05) is 32.2 Å². The zero-order valence-corrected chi connectivity index (χ0v) is 24.4. The lowest BCUT2D eigenvalue weighted by Gasteiger charge is -2.35. The van der Waals surface area contributed by atoms with Crippen LogP contribution in [0.2, 0.25) is 5.02 Å². The Kier molecular flexibility index (Phi) is 8.95. The van der Waals surface area contributed by atoms with Gasteiger partial charge in [-0.2, -0.15) is 0 Å². The molecule has 2 heterocycles. The van der Waals surface area contributed by atoms with Crippen molar-refractivity contribution in [1.82, 2.24) is 4.90 Å². The van der Waals surface area contributed by atoms with Crippen LogP contribution in [0.15, 0.2) is 36.4 Å². The number of hydrogen-bond donors (Lipinski definition) is 1. The fourth-order valence-corrected chi connectivity index (χ4v) is 5.56. The van der Waals surface area contributed by atoms with Crippen molar-refractivity contribution in [3.8, 4) is 11.5 Å². The first-order chi connectivity index (χ1) is 18.9. The lowest BCUT2D eigenvalue weighted by molar-refractivity contribution is -0.154. The van der Waals surface area contributed by atoms with Gasteiger partial charge >= 0.3 is 5.97 Å². The first-order valence-electron chi connectivity index (χ1n) is 13.4. The third-order valence-corrected chi connectivity index (χ3v) is 7.46. The van der Waals surface area contributed by atoms with Crippen LogP contribution < -0.4 is 14.4 Å². The summed E-state index contributed by atoms with van der Waals surface area (Å²) in [5, 5.41) is 10.2. The van der Waals surface area contributed by atoms with Crippen LogP contribution in [0.5, 0.6) is 11.5 Å². The maximum absolute atomic E-state index is 14.2. The predicted molar refractivity (Wildman–Crippen MR) is 151 cm³/mol. The number of halogens is 1. The molecular formula is C30H37ClN2O7. The van der Waals surface area contributed by atoms with Gasteiger partial charge in [-0.3, -0.25) is 9.59 Å². The van der Waals surface area contributed by atoms with E-state index in [2.05, 4.69) is 0 Å². The number of carboxylic acid groups (broad SMARTS) is 1. The number of anilines is 1. The molecule has 40 heavy (non-hydrogen) atoms. The van der Waals surface area contributed by atoms with Crippen molar-refractivity contribution in [2.45, 2.75) is 64.7 Å². The van der Waals surface area contributed by atoms with Crippen molar-refractivity contribution in [3.63, 3.8) is 0 Å². The number of piperidine rings is 1. The molecule has 0 saturated carbocycles. The van der Waals surface area contributed by atoms with Crippen molar-refractivity contribution in [2.24, 2.45) is 5.41 Å². The molecule has 0 spiro atoms. The Hall–Kier alpha value is -3.30. The van der Waals surface area contributed by atoms with Gasteiger partial charge in [-0.05, 0) is 55.0 Å². The molecule has 2 aromatic carbocycles. The second kappa shape index (κ2) is 12.1. The van der Waals surface area contributed by atoms with Crippen LogP contribution in [0.25, 0.3) is 0 Å². The maximum Gasteiger partial charge on any atom is 0.326 e. The number of carbonyl (C=O) groups is 3. The summed E-state index contributed by atoms with van der Waals surface area (Å²) in [6, 6.07) is 9.68. The molecule has 10 heteroatoms. The van der Waals surface area contributed by atoms with Gasteiger partial charge in [0.05, 0.1) is 20.6 Å². The third-order valence-electron chi connectivity index (χ3n) is 7.23. The van der Waals surface area contributed by atoms with Crippen LogP contribution in [0.4, 0.5) is 5.69 Å². The summed E-state index contributed by atoms with van der Waals surface area (Å²) in [6.07, 6.45) is -0.450. The zero-order chi connectivity index (χ0) is 29.2. The molecule has 216 valence electrons. The highest BCUT2D eigenvalue weighted by Gasteiger charge is 2.42. The molecule has 3 atom stereocenters. The van der Waals surface area contributed by atoms with E-state index < -0.39 is 30.1 Å². The number of carbonyl (C=O) groups excluding carboxylic acids is 2. The van der Waals surface area contributed by atoms with Gasteiger partial charge in [-0.15, -0.1) is 0 Å². The monoisotopic (exact) mass is 572 g/mol. The number of benzene rings is 2. The molecule has 1 saturated heterocycles. The number of ether oxygens (including phenoxy) is 3. The highest BCUT2D eigenvalue weighted by molar-refractivity contribution is 6.30. The average Bonchev–Trinajstić information content (AvgIpc) is 3.02. The SMILES string of the molecule is COc1ccc([C@@H]2O[C@@H](CC(=O)N3CCCCC3C(=O)O)C(=O)N(CC(C)(C)C)c3ccc(Cl)cc32)c(OC)c1. The Morgan fingerprint density at radius 3 is 2.48 bits per heavy atom. The summed E-state index contributed by atoms with van der Waals surface area (Å²) in [6.45, 7) is 6.77. The zero-order valence-electron chi connectivity index (χ0n) is 23.6. The van der Waals surface area contributed by atoms with E-state index in [1.807, 2.05) is 20.8 Å². The molecule has 2 aromatic rings. The van der Waals surface area contributed by atoms with E-state index in [4.69, 9.17) is 25.8 Å². The molecule has 0 radical (unpaired) electrons. The summed E-state index contributed by atoms with van der Waals surface area (Å²) in [4.78, 5) is 42.6. The van der Waals surface area contributed by atoms with Crippen molar-refractivity contribution in [1.29, 1.82) is 0 Å². The van der Waals surface area contributed by atoms with E-state index in [1.165, 1.54) is 12.0 Å². The van der Waals surface area contributed by atoms with Gasteiger partial charge in [0.2, 0.25) is 5.91 Å². The molecule has 1 fully saturated rings. The average molecular weight is 573 g/mol. The molecule has 0 bridgehead atoms. The van der Waals surface area contributed by atoms with Gasteiger partial charge in [-0.1, -0.05) is 32.4 Å². The number of carboxylic acids is 1. The Morgan fingerprint density at radius 2 is 1.82 bits per heavy atom. The van der Waals surface area contributed by atoms with E-state index >= 15 is 0 Å². The summed E-state index contributed by atoms with van der Waals surface area (Å²) < 4.78 is 17.6. The Morgan fingerprint density at radius 1 is 1.07 bits per heavy atom. The number of likely N-dealkylation sites (tertiary alicyclic amines) is 1. The molecule has 1 N–H and O–H groups in total. The Bertz CT molecular complexity index is 1280. The van der Waals surface area contributed by atoms with Gasteiger partial charge in [0, 0.05) is 41.0 Å². The van der Waals surface area contributed by atoms with Crippen LogP contribution >= 0.6 is 11.6 Å². The first kappa shape index (κ1) is 29.7. The molecule has 2 aliphatic rings. The second-order valence-corrected chi connectivity index (χ2v) is 11.9. The Labute approximate surface area is 239 Å². The Balaban J connectivity index is 1.82. The van der Waals surface area contributed by atoms with Crippen LogP contribution in [-0.4, -0.2) is 67.2 Å². The molecule has 0 aliphatic carbocycles. The lowest BCUT2D eigenvalue weighted by Crippen LogP contribution is -2.50. The minimum absolute atomic E-state index is 0.278. The standard InChI is InChI=1S/C30H37ClN2O7/c1-30(2,3)17-33-22-12-9-18(31)14-21(22)27(20-11-10-19(38-4)15-24(20)39-5)40-25(28(33)35)16-26(34)32-13-7-6-8-23(32)29(36)37/h9-12,14-15,23,25,27H,6-8,13,16-17H2,1-5H3,(H,36,37)/t23?,25-,27-/m0/s1. The van der Waals surface area contributed by atoms with Crippen LogP contribution in [0.1, 0.15) is 63.7 Å². The van der Waals surface area contributed by atoms with Gasteiger partial charge in [-0.25, -0.2) is 4.79 Å². The molecular weight excluding hydrogens is 536 g/mol. The minimum atomic E-state index is -1.17. The number of amides is 2. The fourth-order valence-electron chi connectivity index (χ4n) is 5.38. The number of fused-ring (bicyclic) bond motifs is 1. The second-order valence-electron chi connectivity index (χ2n) is 11.4. The van der Waals surface area contributed by atoms with E-state index in [1.54, 1.807) is 48.4 Å². The van der Waals surface area contributed by atoms with Gasteiger partial charge in [0.15, 0.2) is 0 Å². The smallest absolute Gasteiger partial charge is 0.326 e. The quantitative estimate of drug-likeness (QED) is 0.493. The minimum Gasteiger partial charge on any atom is -0.497 e. The number of nitrogens with zero attached hydrogens (tertiary/aromatic N) is 2. The van der Waals surface area contributed by atoms with Gasteiger partial charge in [0.25, 0.3) is 5.91 Å². The van der Waals surface area contributed by atoms with Crippen molar-refractivity contribution in [3.05, 3.63) is 52.5 Å². The highest BCUT2D eigenvalue weighted by Crippen LogP contribution is 2.44. The van der Waals surface area contributed by atoms with E-state index in [-0.39, 0.29) is 17.7 Å². The van der Waals surface area contributed by atoms with Crippen LogP contribution in [0, 0.1) is 5.41 Å². The summed E-state index contributed by atoms with van der Waals surface area (Å²) in [7, 11) is 3.09.